The lowest BCUT2D eigenvalue weighted by Crippen LogP contribution is -2.28. The van der Waals surface area contributed by atoms with Crippen molar-refractivity contribution < 1.29 is 19.0 Å². The molecular formula is C25H29NO5. The Morgan fingerprint density at radius 3 is 2.77 bits per heavy atom. The van der Waals surface area contributed by atoms with Crippen LogP contribution in [0.4, 0.5) is 0 Å². The van der Waals surface area contributed by atoms with Crippen LogP contribution in [0.2, 0.25) is 0 Å². The minimum atomic E-state index is -0.223. The van der Waals surface area contributed by atoms with Gasteiger partial charge in [-0.1, -0.05) is 13.8 Å². The number of pyridine rings is 1. The van der Waals surface area contributed by atoms with E-state index < -0.39 is 0 Å². The van der Waals surface area contributed by atoms with E-state index in [1.807, 2.05) is 0 Å². The average molecular weight is 424 g/mol. The number of benzene rings is 1. The van der Waals surface area contributed by atoms with E-state index in [9.17, 15) is 9.59 Å². The molecule has 0 radical (unpaired) electrons. The van der Waals surface area contributed by atoms with Crippen molar-refractivity contribution in [2.75, 3.05) is 19.8 Å². The fraction of sp³-hybridized carbons (Fsp3) is 0.520. The van der Waals surface area contributed by atoms with Crippen LogP contribution in [0.1, 0.15) is 61.1 Å². The lowest BCUT2D eigenvalue weighted by Gasteiger charge is -2.34. The Morgan fingerprint density at radius 1 is 1.26 bits per heavy atom. The first-order valence-corrected chi connectivity index (χ1v) is 11.3. The van der Waals surface area contributed by atoms with Crippen molar-refractivity contribution in [3.05, 3.63) is 45.2 Å². The molecule has 1 fully saturated rings. The quantitative estimate of drug-likeness (QED) is 0.498. The molecule has 0 N–H and O–H groups in total. The van der Waals surface area contributed by atoms with Crippen molar-refractivity contribution in [3.63, 3.8) is 0 Å². The van der Waals surface area contributed by atoms with Gasteiger partial charge in [-0.05, 0) is 43.7 Å². The molecule has 1 saturated carbocycles. The maximum atomic E-state index is 12.7. The second kappa shape index (κ2) is 7.83. The molecule has 31 heavy (non-hydrogen) atoms. The Morgan fingerprint density at radius 2 is 2.06 bits per heavy atom. The smallest absolute Gasteiger partial charge is 0.192 e. The number of rotatable bonds is 7. The zero-order chi connectivity index (χ0) is 21.7. The molecular weight excluding hydrogens is 394 g/mol. The van der Waals surface area contributed by atoms with Gasteiger partial charge in [0.05, 0.1) is 30.6 Å². The second-order valence-electron chi connectivity index (χ2n) is 9.15. The fourth-order valence-electron chi connectivity index (χ4n) is 4.76. The summed E-state index contributed by atoms with van der Waals surface area (Å²) in [5, 5.41) is 0. The van der Waals surface area contributed by atoms with Crippen LogP contribution in [0.3, 0.4) is 0 Å². The first-order chi connectivity index (χ1) is 14.9. The highest BCUT2D eigenvalue weighted by atomic mass is 16.5. The molecule has 2 aromatic rings. The van der Waals surface area contributed by atoms with Crippen LogP contribution in [-0.4, -0.2) is 36.3 Å². The minimum Gasteiger partial charge on any atom is -0.489 e. The van der Waals surface area contributed by atoms with E-state index in [0.717, 1.165) is 54.0 Å². The predicted molar refractivity (Wildman–Crippen MR) is 117 cm³/mol. The van der Waals surface area contributed by atoms with Crippen LogP contribution in [0.25, 0.3) is 11.3 Å². The van der Waals surface area contributed by atoms with Gasteiger partial charge in [-0.3, -0.25) is 9.59 Å². The summed E-state index contributed by atoms with van der Waals surface area (Å²) in [4.78, 5) is 24.7. The van der Waals surface area contributed by atoms with Gasteiger partial charge in [-0.2, -0.15) is 0 Å². The zero-order valence-electron chi connectivity index (χ0n) is 18.4. The molecule has 2 aliphatic heterocycles. The molecule has 0 bridgehead atoms. The Labute approximate surface area is 182 Å². The highest BCUT2D eigenvalue weighted by Crippen LogP contribution is 2.48. The van der Waals surface area contributed by atoms with E-state index in [1.54, 1.807) is 12.3 Å². The Balaban J connectivity index is 1.58. The van der Waals surface area contributed by atoms with Crippen LogP contribution in [0.15, 0.2) is 23.1 Å². The fourth-order valence-corrected chi connectivity index (χ4v) is 4.76. The number of aromatic nitrogens is 1. The number of ketones is 1. The molecule has 1 aliphatic carbocycles. The van der Waals surface area contributed by atoms with Crippen LogP contribution in [-0.2, 0) is 17.6 Å². The standard InChI is InChI=1S/C25H29NO5/c1-14(2)20-10-16-11-23(30-9-8-29-17-4-5-17)25-18(6-7-31-25)24(16)21-12-22(28)19(15(3)27)13-26(20)21/h11-14,17,20H,4-10H2,1-3H3. The van der Waals surface area contributed by atoms with E-state index >= 15 is 0 Å². The van der Waals surface area contributed by atoms with Gasteiger partial charge in [0.1, 0.15) is 6.61 Å². The van der Waals surface area contributed by atoms with Crippen molar-refractivity contribution in [2.45, 2.75) is 58.6 Å². The predicted octanol–water partition coefficient (Wildman–Crippen LogP) is 3.96. The number of hydrogen-bond donors (Lipinski definition) is 0. The molecule has 1 unspecified atom stereocenters. The summed E-state index contributed by atoms with van der Waals surface area (Å²) >= 11 is 0. The average Bonchev–Trinajstić information content (AvgIpc) is 3.42. The first kappa shape index (κ1) is 20.3. The molecule has 5 rings (SSSR count). The van der Waals surface area contributed by atoms with Gasteiger partial charge in [0.25, 0.3) is 0 Å². The van der Waals surface area contributed by atoms with Crippen LogP contribution in [0, 0.1) is 5.92 Å². The van der Waals surface area contributed by atoms with E-state index in [-0.39, 0.29) is 22.8 Å². The summed E-state index contributed by atoms with van der Waals surface area (Å²) in [5.41, 5.74) is 4.25. The minimum absolute atomic E-state index is 0.160. The number of fused-ring (bicyclic) bond motifs is 5. The number of hydrogen-bond acceptors (Lipinski definition) is 5. The molecule has 0 saturated heterocycles. The first-order valence-electron chi connectivity index (χ1n) is 11.3. The summed E-state index contributed by atoms with van der Waals surface area (Å²) < 4.78 is 19.9. The number of carbonyl (C=O) groups is 1. The lowest BCUT2D eigenvalue weighted by molar-refractivity contribution is 0.0871. The van der Waals surface area contributed by atoms with E-state index in [1.165, 1.54) is 12.5 Å². The van der Waals surface area contributed by atoms with Crippen molar-refractivity contribution in [3.8, 4) is 22.8 Å². The summed E-state index contributed by atoms with van der Waals surface area (Å²) in [6.07, 6.45) is 6.08. The number of carbonyl (C=O) groups excluding carboxylic acids is 1. The zero-order valence-corrected chi connectivity index (χ0v) is 18.4. The van der Waals surface area contributed by atoms with Gasteiger partial charge in [0.15, 0.2) is 22.7 Å². The monoisotopic (exact) mass is 423 g/mol. The molecule has 1 aromatic heterocycles. The van der Waals surface area contributed by atoms with E-state index in [0.29, 0.717) is 31.8 Å². The highest BCUT2D eigenvalue weighted by Gasteiger charge is 2.33. The summed E-state index contributed by atoms with van der Waals surface area (Å²) in [5.74, 6) is 1.70. The van der Waals surface area contributed by atoms with E-state index in [2.05, 4.69) is 24.5 Å². The SMILES string of the molecule is CC(=O)c1cn2c(cc1=O)-c1c(cc(OCCOC3CC3)c3c1CCO3)CC2C(C)C. The van der Waals surface area contributed by atoms with Gasteiger partial charge in [-0.15, -0.1) is 0 Å². The van der Waals surface area contributed by atoms with Gasteiger partial charge in [0.2, 0.25) is 0 Å². The van der Waals surface area contributed by atoms with Crippen molar-refractivity contribution in [1.29, 1.82) is 0 Å². The molecule has 1 atom stereocenters. The highest BCUT2D eigenvalue weighted by molar-refractivity contribution is 5.94. The largest absolute Gasteiger partial charge is 0.489 e. The number of Topliss-reactive ketones (excluding diaryl/α,β-unsaturated/α-hetero) is 1. The van der Waals surface area contributed by atoms with Gasteiger partial charge < -0.3 is 18.8 Å². The topological polar surface area (TPSA) is 66.8 Å². The molecule has 0 amide bonds. The second-order valence-corrected chi connectivity index (χ2v) is 9.15. The molecule has 6 heteroatoms. The van der Waals surface area contributed by atoms with Crippen LogP contribution in [0.5, 0.6) is 11.5 Å². The summed E-state index contributed by atoms with van der Waals surface area (Å²) in [6, 6.07) is 3.87. The lowest BCUT2D eigenvalue weighted by atomic mass is 9.84. The van der Waals surface area contributed by atoms with E-state index in [4.69, 9.17) is 14.2 Å². The Hall–Kier alpha value is -2.60. The normalized spacial score (nSPS) is 18.9. The van der Waals surface area contributed by atoms with Gasteiger partial charge >= 0.3 is 0 Å². The van der Waals surface area contributed by atoms with Crippen LogP contribution < -0.4 is 14.9 Å². The Kier molecular flexibility index (Phi) is 5.13. The van der Waals surface area contributed by atoms with Gasteiger partial charge in [-0.25, -0.2) is 0 Å². The third kappa shape index (κ3) is 3.67. The van der Waals surface area contributed by atoms with Crippen molar-refractivity contribution >= 4 is 5.78 Å². The Bertz CT molecular complexity index is 1100. The maximum absolute atomic E-state index is 12.7. The summed E-state index contributed by atoms with van der Waals surface area (Å²) in [6.45, 7) is 7.48. The summed E-state index contributed by atoms with van der Waals surface area (Å²) in [7, 11) is 0. The van der Waals surface area contributed by atoms with Crippen LogP contribution >= 0.6 is 0 Å². The molecule has 0 spiro atoms. The van der Waals surface area contributed by atoms with Crippen molar-refractivity contribution in [1.82, 2.24) is 4.57 Å². The number of ether oxygens (including phenoxy) is 3. The molecule has 164 valence electrons. The molecule has 3 heterocycles. The third-order valence-electron chi connectivity index (χ3n) is 6.51. The number of nitrogens with zero attached hydrogens (tertiary/aromatic N) is 1. The molecule has 1 aromatic carbocycles. The molecule has 6 nitrogen and oxygen atoms in total. The third-order valence-corrected chi connectivity index (χ3v) is 6.51. The van der Waals surface area contributed by atoms with Crippen molar-refractivity contribution in [2.24, 2.45) is 5.92 Å². The molecule has 3 aliphatic rings. The maximum Gasteiger partial charge on any atom is 0.192 e. The van der Waals surface area contributed by atoms with Gasteiger partial charge in [0, 0.05) is 35.9 Å².